The number of aryl methyl sites for hydroxylation is 1. The van der Waals surface area contributed by atoms with Crippen LogP contribution in [0.3, 0.4) is 0 Å². The molecule has 2 aromatic rings. The van der Waals surface area contributed by atoms with E-state index in [4.69, 9.17) is 4.74 Å². The Balaban J connectivity index is 2.46. The Morgan fingerprint density at radius 2 is 1.85 bits per heavy atom. The number of aliphatic hydroxyl groups is 1. The minimum atomic E-state index is -1.06. The molecule has 106 valence electrons. The molecule has 0 bridgehead atoms. The zero-order valence-electron chi connectivity index (χ0n) is 12.4. The summed E-state index contributed by atoms with van der Waals surface area (Å²) in [7, 11) is 1.63. The van der Waals surface area contributed by atoms with Gasteiger partial charge in [0.05, 0.1) is 7.11 Å². The molecule has 20 heavy (non-hydrogen) atoms. The van der Waals surface area contributed by atoms with Crippen molar-refractivity contribution in [2.24, 2.45) is 0 Å². The monoisotopic (exact) mass is 270 g/mol. The Hall–Kier alpha value is -1.80. The van der Waals surface area contributed by atoms with E-state index < -0.39 is 5.60 Å². The maximum Gasteiger partial charge on any atom is 0.125 e. The molecule has 0 spiro atoms. The summed E-state index contributed by atoms with van der Waals surface area (Å²) in [6.07, 6.45) is 2.12. The van der Waals surface area contributed by atoms with Gasteiger partial charge in [0, 0.05) is 5.56 Å². The summed E-state index contributed by atoms with van der Waals surface area (Å²) in [5, 5.41) is 11.0. The highest BCUT2D eigenvalue weighted by Crippen LogP contribution is 2.35. The minimum absolute atomic E-state index is 0.707. The summed E-state index contributed by atoms with van der Waals surface area (Å²) >= 11 is 0. The van der Waals surface area contributed by atoms with Gasteiger partial charge in [-0.2, -0.15) is 0 Å². The van der Waals surface area contributed by atoms with Gasteiger partial charge in [0.1, 0.15) is 11.4 Å². The van der Waals surface area contributed by atoms with E-state index in [0.29, 0.717) is 5.75 Å². The molecule has 1 atom stereocenters. The molecule has 0 saturated carbocycles. The zero-order valence-corrected chi connectivity index (χ0v) is 12.4. The van der Waals surface area contributed by atoms with Crippen LogP contribution in [-0.2, 0) is 12.0 Å². The van der Waals surface area contributed by atoms with Crippen molar-refractivity contribution < 1.29 is 9.84 Å². The summed E-state index contributed by atoms with van der Waals surface area (Å²) in [5.41, 5.74) is 1.88. The molecule has 0 aromatic heterocycles. The minimum Gasteiger partial charge on any atom is -0.496 e. The molecule has 0 heterocycles. The molecule has 0 amide bonds. The molecule has 1 unspecified atom stereocenters. The van der Waals surface area contributed by atoms with Crippen molar-refractivity contribution in [2.75, 3.05) is 7.11 Å². The van der Waals surface area contributed by atoms with E-state index in [1.807, 2.05) is 43.3 Å². The van der Waals surface area contributed by atoms with Crippen molar-refractivity contribution in [1.82, 2.24) is 0 Å². The normalized spacial score (nSPS) is 13.8. The lowest BCUT2D eigenvalue weighted by molar-refractivity contribution is 0.0989. The Morgan fingerprint density at radius 1 is 1.10 bits per heavy atom. The maximum atomic E-state index is 11.0. The van der Waals surface area contributed by atoms with Gasteiger partial charge in [-0.25, -0.2) is 0 Å². The summed E-state index contributed by atoms with van der Waals surface area (Å²) in [5.74, 6) is 0.707. The average Bonchev–Trinajstić information content (AvgIpc) is 2.48. The molecule has 1 N–H and O–H groups in total. The second-order valence-corrected chi connectivity index (χ2v) is 5.22. The second-order valence-electron chi connectivity index (χ2n) is 5.22. The Kier molecular flexibility index (Phi) is 4.46. The third-order valence-electron chi connectivity index (χ3n) is 3.66. The smallest absolute Gasteiger partial charge is 0.125 e. The van der Waals surface area contributed by atoms with Crippen LogP contribution in [0.1, 0.15) is 37.0 Å². The first kappa shape index (κ1) is 14.6. The highest BCUT2D eigenvalue weighted by atomic mass is 16.5. The highest BCUT2D eigenvalue weighted by molar-refractivity contribution is 5.44. The molecular formula is C18H22O2. The molecule has 0 aliphatic carbocycles. The molecular weight excluding hydrogens is 248 g/mol. The highest BCUT2D eigenvalue weighted by Gasteiger charge is 2.28. The predicted octanol–water partition coefficient (Wildman–Crippen LogP) is 3.90. The van der Waals surface area contributed by atoms with Crippen molar-refractivity contribution in [3.63, 3.8) is 0 Å². The third-order valence-corrected chi connectivity index (χ3v) is 3.66. The lowest BCUT2D eigenvalue weighted by Crippen LogP contribution is -2.23. The Labute approximate surface area is 121 Å². The molecule has 2 nitrogen and oxygen atoms in total. The first-order valence-electron chi connectivity index (χ1n) is 7.05. The van der Waals surface area contributed by atoms with Gasteiger partial charge < -0.3 is 9.84 Å². The van der Waals surface area contributed by atoms with Gasteiger partial charge in [0.15, 0.2) is 0 Å². The maximum absolute atomic E-state index is 11.0. The number of hydrogen-bond donors (Lipinski definition) is 1. The van der Waals surface area contributed by atoms with Gasteiger partial charge in [-0.15, -0.1) is 0 Å². The number of ether oxygens (including phenoxy) is 1. The van der Waals surface area contributed by atoms with Gasteiger partial charge in [0.2, 0.25) is 0 Å². The van der Waals surface area contributed by atoms with E-state index in [9.17, 15) is 5.11 Å². The summed E-state index contributed by atoms with van der Waals surface area (Å²) in [6.45, 7) is 3.97. The molecule has 0 fully saturated rings. The molecule has 0 aliphatic heterocycles. The number of benzene rings is 2. The van der Waals surface area contributed by atoms with Crippen LogP contribution in [0.15, 0.2) is 48.5 Å². The van der Waals surface area contributed by atoms with Crippen LogP contribution < -0.4 is 4.74 Å². The first-order valence-corrected chi connectivity index (χ1v) is 7.05. The number of rotatable bonds is 5. The van der Waals surface area contributed by atoms with Crippen LogP contribution in [0, 0.1) is 0 Å². The zero-order chi connectivity index (χ0) is 14.6. The fraction of sp³-hybridized carbons (Fsp3) is 0.333. The second kappa shape index (κ2) is 6.10. The van der Waals surface area contributed by atoms with Gasteiger partial charge in [-0.3, -0.25) is 0 Å². The molecule has 2 aromatic carbocycles. The largest absolute Gasteiger partial charge is 0.496 e. The number of hydrogen-bond acceptors (Lipinski definition) is 2. The summed E-state index contributed by atoms with van der Waals surface area (Å²) in [4.78, 5) is 0. The fourth-order valence-corrected chi connectivity index (χ4v) is 2.52. The van der Waals surface area contributed by atoms with E-state index in [1.165, 1.54) is 5.56 Å². The quantitative estimate of drug-likeness (QED) is 0.892. The Morgan fingerprint density at radius 3 is 2.55 bits per heavy atom. The molecule has 2 rings (SSSR count). The standard InChI is InChI=1S/C18H22O2/c1-4-8-14-9-7-10-15(13-14)18(2,19)16-11-5-6-12-17(16)20-3/h5-7,9-13,19H,4,8H2,1-3H3. The molecule has 0 radical (unpaired) electrons. The van der Waals surface area contributed by atoms with Crippen LogP contribution >= 0.6 is 0 Å². The third kappa shape index (κ3) is 2.86. The lowest BCUT2D eigenvalue weighted by Gasteiger charge is -2.26. The van der Waals surface area contributed by atoms with Crippen LogP contribution in [0.5, 0.6) is 5.75 Å². The van der Waals surface area contributed by atoms with E-state index in [2.05, 4.69) is 19.1 Å². The topological polar surface area (TPSA) is 29.5 Å². The van der Waals surface area contributed by atoms with Crippen molar-refractivity contribution in [2.45, 2.75) is 32.3 Å². The van der Waals surface area contributed by atoms with Crippen molar-refractivity contribution in [3.8, 4) is 5.75 Å². The van der Waals surface area contributed by atoms with E-state index in [-0.39, 0.29) is 0 Å². The Bertz CT molecular complexity index is 573. The van der Waals surface area contributed by atoms with Crippen LogP contribution in [0.4, 0.5) is 0 Å². The first-order chi connectivity index (χ1) is 9.59. The van der Waals surface area contributed by atoms with Gasteiger partial charge in [-0.1, -0.05) is 55.8 Å². The number of para-hydroxylation sites is 1. The van der Waals surface area contributed by atoms with E-state index in [0.717, 1.165) is 24.0 Å². The van der Waals surface area contributed by atoms with Gasteiger partial charge in [0.25, 0.3) is 0 Å². The van der Waals surface area contributed by atoms with E-state index in [1.54, 1.807) is 7.11 Å². The summed E-state index contributed by atoms with van der Waals surface area (Å²) < 4.78 is 5.37. The van der Waals surface area contributed by atoms with E-state index >= 15 is 0 Å². The van der Waals surface area contributed by atoms with Crippen molar-refractivity contribution >= 4 is 0 Å². The average molecular weight is 270 g/mol. The number of methoxy groups -OCH3 is 1. The van der Waals surface area contributed by atoms with Crippen LogP contribution in [0.2, 0.25) is 0 Å². The predicted molar refractivity (Wildman–Crippen MR) is 82.1 cm³/mol. The molecule has 0 saturated heterocycles. The van der Waals surface area contributed by atoms with Crippen LogP contribution in [0.25, 0.3) is 0 Å². The van der Waals surface area contributed by atoms with Crippen molar-refractivity contribution in [1.29, 1.82) is 0 Å². The van der Waals surface area contributed by atoms with Crippen LogP contribution in [-0.4, -0.2) is 12.2 Å². The van der Waals surface area contributed by atoms with Gasteiger partial charge >= 0.3 is 0 Å². The van der Waals surface area contributed by atoms with Crippen molar-refractivity contribution in [3.05, 3.63) is 65.2 Å². The molecule has 0 aliphatic rings. The van der Waals surface area contributed by atoms with Gasteiger partial charge in [-0.05, 0) is 30.5 Å². The SMILES string of the molecule is CCCc1cccc(C(C)(O)c2ccccc2OC)c1. The molecule has 2 heteroatoms. The lowest BCUT2D eigenvalue weighted by atomic mass is 9.86. The fourth-order valence-electron chi connectivity index (χ4n) is 2.52. The summed E-state index contributed by atoms with van der Waals surface area (Å²) in [6, 6.07) is 15.8.